The summed E-state index contributed by atoms with van der Waals surface area (Å²) in [4.78, 5) is 0. The molecule has 56 valence electrons. The van der Waals surface area contributed by atoms with Crippen molar-refractivity contribution in [1.29, 1.82) is 0 Å². The van der Waals surface area contributed by atoms with Gasteiger partial charge in [0, 0.05) is 0 Å². The fourth-order valence-electron chi connectivity index (χ4n) is 0.985. The minimum absolute atomic E-state index is 0.174. The molecule has 0 bridgehead atoms. The van der Waals surface area contributed by atoms with E-state index in [9.17, 15) is 0 Å². The smallest absolute Gasteiger partial charge is 0.0514 e. The Morgan fingerprint density at radius 1 is 1.44 bits per heavy atom. The summed E-state index contributed by atoms with van der Waals surface area (Å²) in [6.45, 7) is 4.65. The maximum atomic E-state index is 8.91. The van der Waals surface area contributed by atoms with Crippen LogP contribution in [0.25, 0.3) is 0 Å². The Balaban J connectivity index is 3.15. The van der Waals surface area contributed by atoms with Gasteiger partial charge in [-0.1, -0.05) is 6.92 Å². The summed E-state index contributed by atoms with van der Waals surface area (Å²) >= 11 is 0. The van der Waals surface area contributed by atoms with Crippen LogP contribution in [0.2, 0.25) is 0 Å². The predicted octanol–water partition coefficient (Wildman–Crippen LogP) is 0.742. The van der Waals surface area contributed by atoms with E-state index in [-0.39, 0.29) is 6.10 Å². The van der Waals surface area contributed by atoms with E-state index >= 15 is 0 Å². The third-order valence-corrected chi connectivity index (χ3v) is 1.40. The minimum Gasteiger partial charge on any atom is -0.393 e. The summed E-state index contributed by atoms with van der Waals surface area (Å²) in [6, 6.07) is 0. The minimum atomic E-state index is -0.174. The van der Waals surface area contributed by atoms with Crippen molar-refractivity contribution in [2.24, 2.45) is 11.7 Å². The fraction of sp³-hybridized carbons (Fsp3) is 1.00. The van der Waals surface area contributed by atoms with Crippen LogP contribution in [-0.4, -0.2) is 17.8 Å². The highest BCUT2D eigenvalue weighted by atomic mass is 16.3. The third kappa shape index (κ3) is 5.80. The van der Waals surface area contributed by atoms with Gasteiger partial charge in [0.1, 0.15) is 0 Å². The van der Waals surface area contributed by atoms with Crippen LogP contribution >= 0.6 is 0 Å². The number of aliphatic hydroxyl groups excluding tert-OH is 1. The van der Waals surface area contributed by atoms with Crippen molar-refractivity contribution in [1.82, 2.24) is 0 Å². The van der Waals surface area contributed by atoms with E-state index in [0.29, 0.717) is 5.92 Å². The molecule has 0 amide bonds. The summed E-state index contributed by atoms with van der Waals surface area (Å²) in [5, 5.41) is 8.91. The molecule has 0 rings (SSSR count). The number of rotatable bonds is 4. The molecule has 0 aromatic carbocycles. The van der Waals surface area contributed by atoms with Gasteiger partial charge in [-0.3, -0.25) is 0 Å². The highest BCUT2D eigenvalue weighted by Gasteiger charge is 2.03. The van der Waals surface area contributed by atoms with Crippen molar-refractivity contribution < 1.29 is 5.11 Å². The molecule has 0 aromatic heterocycles. The molecular weight excluding hydrogens is 114 g/mol. The van der Waals surface area contributed by atoms with E-state index in [4.69, 9.17) is 10.8 Å². The SMILES string of the molecule is CC(O)CC(C)CCN. The molecule has 2 atom stereocenters. The Bertz CT molecular complexity index is 63.9. The topological polar surface area (TPSA) is 46.2 Å². The van der Waals surface area contributed by atoms with Gasteiger partial charge in [0.25, 0.3) is 0 Å². The van der Waals surface area contributed by atoms with Crippen molar-refractivity contribution in [2.45, 2.75) is 32.8 Å². The second kappa shape index (κ2) is 4.77. The zero-order chi connectivity index (χ0) is 7.28. The largest absolute Gasteiger partial charge is 0.393 e. The molecule has 2 nitrogen and oxygen atoms in total. The zero-order valence-electron chi connectivity index (χ0n) is 6.30. The molecule has 9 heavy (non-hydrogen) atoms. The van der Waals surface area contributed by atoms with Crippen molar-refractivity contribution in [3.63, 3.8) is 0 Å². The van der Waals surface area contributed by atoms with E-state index < -0.39 is 0 Å². The van der Waals surface area contributed by atoms with Crippen molar-refractivity contribution in [2.75, 3.05) is 6.54 Å². The molecule has 0 fully saturated rings. The van der Waals surface area contributed by atoms with Gasteiger partial charge in [-0.05, 0) is 32.2 Å². The number of aliphatic hydroxyl groups is 1. The van der Waals surface area contributed by atoms with Crippen LogP contribution in [0.4, 0.5) is 0 Å². The number of nitrogens with two attached hydrogens (primary N) is 1. The second-order valence-electron chi connectivity index (χ2n) is 2.77. The van der Waals surface area contributed by atoms with Crippen molar-refractivity contribution in [3.05, 3.63) is 0 Å². The zero-order valence-corrected chi connectivity index (χ0v) is 6.30. The first-order chi connectivity index (χ1) is 4.16. The van der Waals surface area contributed by atoms with E-state index in [1.54, 1.807) is 0 Å². The average Bonchev–Trinajstić information content (AvgIpc) is 1.63. The molecular formula is C7H17NO. The summed E-state index contributed by atoms with van der Waals surface area (Å²) < 4.78 is 0. The maximum Gasteiger partial charge on any atom is 0.0514 e. The monoisotopic (exact) mass is 131 g/mol. The summed E-state index contributed by atoms with van der Waals surface area (Å²) in [7, 11) is 0. The van der Waals surface area contributed by atoms with Crippen LogP contribution in [0.1, 0.15) is 26.7 Å². The van der Waals surface area contributed by atoms with Gasteiger partial charge < -0.3 is 10.8 Å². The first kappa shape index (κ1) is 8.92. The molecule has 0 aliphatic heterocycles. The lowest BCUT2D eigenvalue weighted by molar-refractivity contribution is 0.162. The van der Waals surface area contributed by atoms with Gasteiger partial charge in [-0.25, -0.2) is 0 Å². The maximum absolute atomic E-state index is 8.91. The Kier molecular flexibility index (Phi) is 4.72. The van der Waals surface area contributed by atoms with Crippen LogP contribution in [0.5, 0.6) is 0 Å². The molecule has 2 unspecified atom stereocenters. The van der Waals surface area contributed by atoms with Crippen LogP contribution in [0, 0.1) is 5.92 Å². The molecule has 0 heterocycles. The van der Waals surface area contributed by atoms with E-state index in [2.05, 4.69) is 6.92 Å². The average molecular weight is 131 g/mol. The lowest BCUT2D eigenvalue weighted by Gasteiger charge is -2.10. The van der Waals surface area contributed by atoms with E-state index in [1.807, 2.05) is 6.92 Å². The lowest BCUT2D eigenvalue weighted by atomic mass is 10.0. The standard InChI is InChI=1S/C7H17NO/c1-6(3-4-8)5-7(2)9/h6-7,9H,3-5,8H2,1-2H3. The second-order valence-corrected chi connectivity index (χ2v) is 2.77. The Hall–Kier alpha value is -0.0800. The molecule has 0 saturated heterocycles. The predicted molar refractivity (Wildman–Crippen MR) is 39.1 cm³/mol. The van der Waals surface area contributed by atoms with Gasteiger partial charge in [-0.15, -0.1) is 0 Å². The summed E-state index contributed by atoms with van der Waals surface area (Å²) in [5.74, 6) is 0.565. The molecule has 0 aliphatic rings. The summed E-state index contributed by atoms with van der Waals surface area (Å²) in [6.07, 6.45) is 1.72. The quantitative estimate of drug-likeness (QED) is 0.591. The molecule has 0 spiro atoms. The highest BCUT2D eigenvalue weighted by Crippen LogP contribution is 2.08. The molecule has 0 radical (unpaired) electrons. The van der Waals surface area contributed by atoms with Crippen molar-refractivity contribution in [3.8, 4) is 0 Å². The van der Waals surface area contributed by atoms with Crippen LogP contribution in [-0.2, 0) is 0 Å². The molecule has 0 aromatic rings. The third-order valence-electron chi connectivity index (χ3n) is 1.40. The van der Waals surface area contributed by atoms with Crippen LogP contribution < -0.4 is 5.73 Å². The number of hydrogen-bond donors (Lipinski definition) is 2. The fourth-order valence-corrected chi connectivity index (χ4v) is 0.985. The van der Waals surface area contributed by atoms with Gasteiger partial charge in [0.2, 0.25) is 0 Å². The molecule has 2 heteroatoms. The lowest BCUT2D eigenvalue weighted by Crippen LogP contribution is -2.11. The first-order valence-corrected chi connectivity index (χ1v) is 3.55. The first-order valence-electron chi connectivity index (χ1n) is 3.55. The summed E-state index contributed by atoms with van der Waals surface area (Å²) in [5.41, 5.74) is 5.32. The molecule has 0 saturated carbocycles. The van der Waals surface area contributed by atoms with Gasteiger partial charge in [0.05, 0.1) is 6.10 Å². The number of hydrogen-bond acceptors (Lipinski definition) is 2. The van der Waals surface area contributed by atoms with E-state index in [0.717, 1.165) is 19.4 Å². The van der Waals surface area contributed by atoms with Crippen LogP contribution in [0.3, 0.4) is 0 Å². The highest BCUT2D eigenvalue weighted by molar-refractivity contribution is 4.56. The van der Waals surface area contributed by atoms with Crippen LogP contribution in [0.15, 0.2) is 0 Å². The molecule has 3 N–H and O–H groups in total. The Labute approximate surface area is 57.1 Å². The van der Waals surface area contributed by atoms with Gasteiger partial charge in [0.15, 0.2) is 0 Å². The van der Waals surface area contributed by atoms with E-state index in [1.165, 1.54) is 0 Å². The Morgan fingerprint density at radius 2 is 2.00 bits per heavy atom. The van der Waals surface area contributed by atoms with Gasteiger partial charge >= 0.3 is 0 Å². The van der Waals surface area contributed by atoms with Crippen molar-refractivity contribution >= 4 is 0 Å². The Morgan fingerprint density at radius 3 is 2.33 bits per heavy atom. The molecule has 0 aliphatic carbocycles. The normalized spacial score (nSPS) is 17.3. The van der Waals surface area contributed by atoms with Gasteiger partial charge in [-0.2, -0.15) is 0 Å².